The highest BCUT2D eigenvalue weighted by atomic mass is 35.5. The fraction of sp³-hybridized carbons (Fsp3) is 0.0800. The van der Waals surface area contributed by atoms with E-state index in [1.807, 2.05) is 30.3 Å². The Bertz CT molecular complexity index is 1160. The van der Waals surface area contributed by atoms with Gasteiger partial charge in [0.1, 0.15) is 5.70 Å². The zero-order valence-electron chi connectivity index (χ0n) is 17.7. The van der Waals surface area contributed by atoms with Crippen molar-refractivity contribution in [3.8, 4) is 0 Å². The van der Waals surface area contributed by atoms with Gasteiger partial charge in [0.05, 0.1) is 5.69 Å². The number of benzene rings is 3. The molecule has 0 fully saturated rings. The van der Waals surface area contributed by atoms with Crippen molar-refractivity contribution in [3.05, 3.63) is 95.1 Å². The zero-order chi connectivity index (χ0) is 23.6. The normalized spacial score (nSPS) is 10.9. The van der Waals surface area contributed by atoms with Gasteiger partial charge in [-0.1, -0.05) is 65.8 Å². The number of hydrogen-bond acceptors (Lipinski definition) is 5. The minimum Gasteiger partial charge on any atom is -0.451 e. The number of esters is 1. The SMILES string of the molecule is CC(=O)NC(=Cc1ccccc1)C(=O)OCC(=O)Nc1ccccc1Sc1ccc(Cl)cc1. The van der Waals surface area contributed by atoms with Crippen LogP contribution in [0.4, 0.5) is 5.69 Å². The van der Waals surface area contributed by atoms with Crippen LogP contribution in [0.15, 0.2) is 94.4 Å². The molecule has 3 rings (SSSR count). The van der Waals surface area contributed by atoms with Gasteiger partial charge < -0.3 is 15.4 Å². The first-order valence-corrected chi connectivity index (χ1v) is 11.1. The molecule has 0 aliphatic heterocycles. The number of rotatable bonds is 8. The first kappa shape index (κ1) is 24.1. The average Bonchev–Trinajstić information content (AvgIpc) is 2.80. The lowest BCUT2D eigenvalue weighted by atomic mass is 10.2. The number of para-hydroxylation sites is 1. The second kappa shape index (κ2) is 11.9. The Labute approximate surface area is 201 Å². The van der Waals surface area contributed by atoms with Crippen LogP contribution in [0.1, 0.15) is 12.5 Å². The summed E-state index contributed by atoms with van der Waals surface area (Å²) in [6.45, 7) is 0.776. The van der Waals surface area contributed by atoms with Crippen molar-refractivity contribution in [2.45, 2.75) is 16.7 Å². The summed E-state index contributed by atoms with van der Waals surface area (Å²) in [7, 11) is 0. The maximum Gasteiger partial charge on any atom is 0.355 e. The number of amides is 2. The van der Waals surface area contributed by atoms with E-state index in [1.54, 1.807) is 48.5 Å². The summed E-state index contributed by atoms with van der Waals surface area (Å²) >= 11 is 7.40. The standard InChI is InChI=1S/C25H21ClN2O4S/c1-17(29)27-22(15-18-7-3-2-4-8-18)25(31)32-16-24(30)28-21-9-5-6-10-23(21)33-20-13-11-19(26)12-14-20/h2-15H,16H2,1H3,(H,27,29)(H,28,30). The van der Waals surface area contributed by atoms with Gasteiger partial charge in [0, 0.05) is 21.7 Å². The molecular weight excluding hydrogens is 460 g/mol. The van der Waals surface area contributed by atoms with Crippen LogP contribution in [0.2, 0.25) is 5.02 Å². The molecule has 6 nitrogen and oxygen atoms in total. The van der Waals surface area contributed by atoms with Crippen molar-refractivity contribution >= 4 is 52.9 Å². The molecule has 0 saturated carbocycles. The van der Waals surface area contributed by atoms with Crippen LogP contribution >= 0.6 is 23.4 Å². The second-order valence-electron chi connectivity index (χ2n) is 6.83. The smallest absolute Gasteiger partial charge is 0.355 e. The van der Waals surface area contributed by atoms with E-state index in [0.717, 1.165) is 9.79 Å². The summed E-state index contributed by atoms with van der Waals surface area (Å²) in [5, 5.41) is 5.84. The lowest BCUT2D eigenvalue weighted by Crippen LogP contribution is -2.29. The van der Waals surface area contributed by atoms with Crippen LogP contribution in [0.3, 0.4) is 0 Å². The van der Waals surface area contributed by atoms with E-state index >= 15 is 0 Å². The Kier molecular flexibility index (Phi) is 8.69. The highest BCUT2D eigenvalue weighted by molar-refractivity contribution is 7.99. The van der Waals surface area contributed by atoms with Gasteiger partial charge in [0.15, 0.2) is 6.61 Å². The Morgan fingerprint density at radius 1 is 0.939 bits per heavy atom. The molecule has 2 N–H and O–H groups in total. The van der Waals surface area contributed by atoms with E-state index in [9.17, 15) is 14.4 Å². The van der Waals surface area contributed by atoms with Crippen molar-refractivity contribution in [3.63, 3.8) is 0 Å². The molecule has 0 atom stereocenters. The van der Waals surface area contributed by atoms with Crippen LogP contribution in [-0.4, -0.2) is 24.4 Å². The topological polar surface area (TPSA) is 84.5 Å². The van der Waals surface area contributed by atoms with Crippen molar-refractivity contribution in [2.24, 2.45) is 0 Å². The summed E-state index contributed by atoms with van der Waals surface area (Å²) in [4.78, 5) is 38.2. The molecule has 3 aromatic carbocycles. The van der Waals surface area contributed by atoms with Gasteiger partial charge in [-0.3, -0.25) is 9.59 Å². The Morgan fingerprint density at radius 3 is 2.30 bits per heavy atom. The highest BCUT2D eigenvalue weighted by Crippen LogP contribution is 2.33. The molecule has 33 heavy (non-hydrogen) atoms. The largest absolute Gasteiger partial charge is 0.451 e. The van der Waals surface area contributed by atoms with E-state index in [0.29, 0.717) is 16.3 Å². The summed E-state index contributed by atoms with van der Waals surface area (Å²) in [6.07, 6.45) is 1.49. The number of carbonyl (C=O) groups excluding carboxylic acids is 3. The molecule has 0 aliphatic rings. The van der Waals surface area contributed by atoms with E-state index in [2.05, 4.69) is 10.6 Å². The first-order chi connectivity index (χ1) is 15.9. The van der Waals surface area contributed by atoms with Gasteiger partial charge in [0.25, 0.3) is 5.91 Å². The van der Waals surface area contributed by atoms with Gasteiger partial charge in [-0.15, -0.1) is 0 Å². The van der Waals surface area contributed by atoms with Gasteiger partial charge in [0.2, 0.25) is 5.91 Å². The summed E-state index contributed by atoms with van der Waals surface area (Å²) in [5.74, 6) is -1.74. The predicted octanol–water partition coefficient (Wildman–Crippen LogP) is 5.15. The van der Waals surface area contributed by atoms with Gasteiger partial charge >= 0.3 is 5.97 Å². The van der Waals surface area contributed by atoms with Crippen LogP contribution in [-0.2, 0) is 19.1 Å². The maximum atomic E-state index is 12.5. The molecule has 0 bridgehead atoms. The third-order valence-electron chi connectivity index (χ3n) is 4.18. The number of ether oxygens (including phenoxy) is 1. The van der Waals surface area contributed by atoms with Crippen molar-refractivity contribution in [2.75, 3.05) is 11.9 Å². The molecule has 8 heteroatoms. The van der Waals surface area contributed by atoms with Crippen LogP contribution < -0.4 is 10.6 Å². The molecule has 0 spiro atoms. The quantitative estimate of drug-likeness (QED) is 0.344. The van der Waals surface area contributed by atoms with E-state index in [4.69, 9.17) is 16.3 Å². The third kappa shape index (κ3) is 7.82. The third-order valence-corrected chi connectivity index (χ3v) is 5.51. The van der Waals surface area contributed by atoms with Crippen molar-refractivity contribution in [1.29, 1.82) is 0 Å². The van der Waals surface area contributed by atoms with Gasteiger partial charge in [-0.05, 0) is 48.0 Å². The zero-order valence-corrected chi connectivity index (χ0v) is 19.3. The van der Waals surface area contributed by atoms with Crippen molar-refractivity contribution in [1.82, 2.24) is 5.32 Å². The summed E-state index contributed by atoms with van der Waals surface area (Å²) in [6, 6.07) is 23.6. The van der Waals surface area contributed by atoms with Crippen molar-refractivity contribution < 1.29 is 19.1 Å². The van der Waals surface area contributed by atoms with E-state index < -0.39 is 24.4 Å². The molecule has 3 aromatic rings. The fourth-order valence-corrected chi connectivity index (χ4v) is 3.76. The summed E-state index contributed by atoms with van der Waals surface area (Å²) in [5.41, 5.74) is 1.23. The number of nitrogens with one attached hydrogen (secondary N) is 2. The number of halogens is 1. The van der Waals surface area contributed by atoms with Crippen LogP contribution in [0, 0.1) is 0 Å². The number of anilines is 1. The minimum absolute atomic E-state index is 0.0554. The van der Waals surface area contributed by atoms with Crippen LogP contribution in [0.5, 0.6) is 0 Å². The fourth-order valence-electron chi connectivity index (χ4n) is 2.74. The second-order valence-corrected chi connectivity index (χ2v) is 8.38. The Balaban J connectivity index is 1.63. The van der Waals surface area contributed by atoms with Crippen LogP contribution in [0.25, 0.3) is 6.08 Å². The molecule has 0 unspecified atom stereocenters. The molecule has 0 saturated heterocycles. The first-order valence-electron chi connectivity index (χ1n) is 9.94. The molecule has 168 valence electrons. The maximum absolute atomic E-state index is 12.5. The molecule has 0 heterocycles. The predicted molar refractivity (Wildman–Crippen MR) is 130 cm³/mol. The molecule has 2 amide bonds. The summed E-state index contributed by atoms with van der Waals surface area (Å²) < 4.78 is 5.13. The molecule has 0 aromatic heterocycles. The number of carbonyl (C=O) groups is 3. The monoisotopic (exact) mass is 480 g/mol. The Morgan fingerprint density at radius 2 is 1.61 bits per heavy atom. The molecule has 0 aliphatic carbocycles. The van der Waals surface area contributed by atoms with Gasteiger partial charge in [-0.25, -0.2) is 4.79 Å². The minimum atomic E-state index is -0.812. The van der Waals surface area contributed by atoms with Gasteiger partial charge in [-0.2, -0.15) is 0 Å². The van der Waals surface area contributed by atoms with E-state index in [-0.39, 0.29) is 5.70 Å². The molecular formula is C25H21ClN2O4S. The lowest BCUT2D eigenvalue weighted by molar-refractivity contribution is -0.144. The lowest BCUT2D eigenvalue weighted by Gasteiger charge is -2.12. The number of hydrogen-bond donors (Lipinski definition) is 2. The average molecular weight is 481 g/mol. The Hall–Kier alpha value is -3.55. The van der Waals surface area contributed by atoms with E-state index in [1.165, 1.54) is 24.8 Å². The highest BCUT2D eigenvalue weighted by Gasteiger charge is 2.16. The molecule has 0 radical (unpaired) electrons.